The molecule has 0 saturated carbocycles. The molecule has 0 radical (unpaired) electrons. The highest BCUT2D eigenvalue weighted by molar-refractivity contribution is 7.94. The highest BCUT2D eigenvalue weighted by Gasteiger charge is 2.20. The lowest BCUT2D eigenvalue weighted by Crippen LogP contribution is -2.11. The van der Waals surface area contributed by atoms with Crippen LogP contribution in [0.15, 0.2) is 28.5 Å². The zero-order chi connectivity index (χ0) is 15.8. The van der Waals surface area contributed by atoms with Crippen molar-refractivity contribution in [1.29, 1.82) is 0 Å². The molecule has 0 aliphatic rings. The number of rotatable bonds is 4. The molecule has 0 fully saturated rings. The molecule has 2 N–H and O–H groups in total. The van der Waals surface area contributed by atoms with Crippen LogP contribution in [0.2, 0.25) is 15.1 Å². The van der Waals surface area contributed by atoms with Gasteiger partial charge in [0.05, 0.1) is 20.8 Å². The fraction of sp³-hybridized carbons (Fsp3) is 0. The van der Waals surface area contributed by atoms with E-state index in [4.69, 9.17) is 39.9 Å². The number of hydrogen-bond donors (Lipinski definition) is 2. The first-order chi connectivity index (χ1) is 9.70. The molecule has 10 heteroatoms. The van der Waals surface area contributed by atoms with Crippen molar-refractivity contribution in [3.8, 4) is 0 Å². The van der Waals surface area contributed by atoms with Crippen LogP contribution in [0.25, 0.3) is 0 Å². The third kappa shape index (κ3) is 3.61. The van der Waals surface area contributed by atoms with Crippen LogP contribution in [0.5, 0.6) is 0 Å². The second-order valence-corrected chi connectivity index (χ2v) is 7.99. The Bertz CT molecular complexity index is 817. The molecule has 0 spiro atoms. The van der Waals surface area contributed by atoms with Gasteiger partial charge in [-0.3, -0.25) is 4.72 Å². The molecular weight excluding hydrogens is 381 g/mol. The van der Waals surface area contributed by atoms with Crippen molar-refractivity contribution < 1.29 is 18.3 Å². The number of anilines is 1. The molecule has 0 bridgehead atoms. The van der Waals surface area contributed by atoms with Crippen LogP contribution in [0.4, 0.5) is 5.69 Å². The standard InChI is InChI=1S/C11H6Cl3NO4S2/c12-5-3-7(14)8(4-6(5)13)15-21(18,19)10-2-1-9(20-10)11(16)17/h1-4,15H,(H,16,17). The summed E-state index contributed by atoms with van der Waals surface area (Å²) in [6.45, 7) is 0. The van der Waals surface area contributed by atoms with Crippen molar-refractivity contribution in [2.45, 2.75) is 4.21 Å². The third-order valence-corrected chi connectivity index (χ3v) is 6.28. The van der Waals surface area contributed by atoms with Crippen LogP contribution in [-0.4, -0.2) is 19.5 Å². The Balaban J connectivity index is 2.37. The first kappa shape index (κ1) is 16.4. The molecule has 112 valence electrons. The van der Waals surface area contributed by atoms with Gasteiger partial charge >= 0.3 is 5.97 Å². The Kier molecular flexibility index (Phi) is 4.69. The van der Waals surface area contributed by atoms with Crippen molar-refractivity contribution in [3.05, 3.63) is 44.2 Å². The average Bonchev–Trinajstić information content (AvgIpc) is 2.86. The van der Waals surface area contributed by atoms with Crippen molar-refractivity contribution in [1.82, 2.24) is 0 Å². The van der Waals surface area contributed by atoms with Crippen molar-refractivity contribution in [3.63, 3.8) is 0 Å². The van der Waals surface area contributed by atoms with Crippen LogP contribution >= 0.6 is 46.1 Å². The smallest absolute Gasteiger partial charge is 0.345 e. The number of carbonyl (C=O) groups is 1. The molecule has 0 amide bonds. The summed E-state index contributed by atoms with van der Waals surface area (Å²) < 4.78 is 26.4. The van der Waals surface area contributed by atoms with Gasteiger partial charge in [0.2, 0.25) is 0 Å². The number of benzene rings is 1. The number of nitrogens with one attached hydrogen (secondary N) is 1. The fourth-order valence-corrected chi connectivity index (χ4v) is 4.24. The quantitative estimate of drug-likeness (QED) is 0.771. The summed E-state index contributed by atoms with van der Waals surface area (Å²) in [6.07, 6.45) is 0. The maximum absolute atomic E-state index is 12.2. The Hall–Kier alpha value is -0.990. The highest BCUT2D eigenvalue weighted by Crippen LogP contribution is 2.34. The van der Waals surface area contributed by atoms with E-state index in [0.717, 1.165) is 0 Å². The Morgan fingerprint density at radius 2 is 1.71 bits per heavy atom. The second kappa shape index (κ2) is 6.02. The predicted octanol–water partition coefficient (Wildman–Crippen LogP) is 4.21. The summed E-state index contributed by atoms with van der Waals surface area (Å²) in [4.78, 5) is 10.7. The number of halogens is 3. The monoisotopic (exact) mass is 385 g/mol. The van der Waals surface area contributed by atoms with Gasteiger partial charge in [0, 0.05) is 0 Å². The molecule has 0 unspecified atom stereocenters. The maximum atomic E-state index is 12.2. The topological polar surface area (TPSA) is 83.5 Å². The van der Waals surface area contributed by atoms with Gasteiger partial charge in [0.15, 0.2) is 0 Å². The molecule has 2 rings (SSSR count). The molecule has 2 aromatic rings. The Morgan fingerprint density at radius 3 is 2.29 bits per heavy atom. The van der Waals surface area contributed by atoms with E-state index in [1.807, 2.05) is 0 Å². The Morgan fingerprint density at radius 1 is 1.10 bits per heavy atom. The number of thiophene rings is 1. The fourth-order valence-electron chi connectivity index (χ4n) is 1.38. The summed E-state index contributed by atoms with van der Waals surface area (Å²) in [7, 11) is -3.96. The summed E-state index contributed by atoms with van der Waals surface area (Å²) in [6, 6.07) is 4.98. The zero-order valence-electron chi connectivity index (χ0n) is 9.93. The van der Waals surface area contributed by atoms with Crippen molar-refractivity contribution >= 4 is 67.8 Å². The number of aromatic carboxylic acids is 1. The van der Waals surface area contributed by atoms with Gasteiger partial charge in [-0.05, 0) is 24.3 Å². The molecule has 1 aromatic carbocycles. The molecule has 0 atom stereocenters. The van der Waals surface area contributed by atoms with E-state index in [2.05, 4.69) is 4.72 Å². The lowest BCUT2D eigenvalue weighted by atomic mass is 10.3. The number of sulfonamides is 1. The molecule has 0 saturated heterocycles. The number of hydrogen-bond acceptors (Lipinski definition) is 4. The van der Waals surface area contributed by atoms with Gasteiger partial charge in [-0.1, -0.05) is 34.8 Å². The van der Waals surface area contributed by atoms with Crippen LogP contribution in [-0.2, 0) is 10.0 Å². The van der Waals surface area contributed by atoms with E-state index in [1.54, 1.807) is 0 Å². The highest BCUT2D eigenvalue weighted by atomic mass is 35.5. The van der Waals surface area contributed by atoms with Gasteiger partial charge in [0.1, 0.15) is 9.09 Å². The van der Waals surface area contributed by atoms with E-state index in [-0.39, 0.29) is 29.8 Å². The molecule has 5 nitrogen and oxygen atoms in total. The van der Waals surface area contributed by atoms with Gasteiger partial charge in [0.25, 0.3) is 10.0 Å². The van der Waals surface area contributed by atoms with E-state index in [1.165, 1.54) is 24.3 Å². The minimum absolute atomic E-state index is 0.0522. The normalized spacial score (nSPS) is 11.4. The van der Waals surface area contributed by atoms with Crippen molar-refractivity contribution in [2.75, 3.05) is 4.72 Å². The first-order valence-corrected chi connectivity index (χ1v) is 8.64. The summed E-state index contributed by atoms with van der Waals surface area (Å²) >= 11 is 18.1. The number of carboxylic acid groups (broad SMARTS) is 1. The first-order valence-electron chi connectivity index (χ1n) is 5.21. The van der Waals surface area contributed by atoms with Crippen molar-refractivity contribution in [2.24, 2.45) is 0 Å². The summed E-state index contributed by atoms with van der Waals surface area (Å²) in [5.74, 6) is -1.20. The largest absolute Gasteiger partial charge is 0.477 e. The van der Waals surface area contributed by atoms with Gasteiger partial charge < -0.3 is 5.11 Å². The van der Waals surface area contributed by atoms with Gasteiger partial charge in [-0.15, -0.1) is 11.3 Å². The molecule has 1 heterocycles. The van der Waals surface area contributed by atoms with Crippen LogP contribution in [0, 0.1) is 0 Å². The van der Waals surface area contributed by atoms with Crippen LogP contribution < -0.4 is 4.72 Å². The molecule has 21 heavy (non-hydrogen) atoms. The SMILES string of the molecule is O=C(O)c1ccc(S(=O)(=O)Nc2cc(Cl)c(Cl)cc2Cl)s1. The van der Waals surface area contributed by atoms with Crippen LogP contribution in [0.1, 0.15) is 9.67 Å². The number of carboxylic acids is 1. The van der Waals surface area contributed by atoms with E-state index < -0.39 is 16.0 Å². The molecule has 1 aromatic heterocycles. The van der Waals surface area contributed by atoms with Gasteiger partial charge in [-0.25, -0.2) is 13.2 Å². The predicted molar refractivity (Wildman–Crippen MR) is 83.6 cm³/mol. The Labute approximate surface area is 139 Å². The third-order valence-electron chi connectivity index (χ3n) is 2.31. The minimum Gasteiger partial charge on any atom is -0.477 e. The van der Waals surface area contributed by atoms with Crippen LogP contribution in [0.3, 0.4) is 0 Å². The lowest BCUT2D eigenvalue weighted by Gasteiger charge is -2.09. The average molecular weight is 387 g/mol. The van der Waals surface area contributed by atoms with E-state index in [9.17, 15) is 13.2 Å². The summed E-state index contributed by atoms with van der Waals surface area (Å²) in [5.41, 5.74) is 0.0522. The molecule has 0 aliphatic carbocycles. The van der Waals surface area contributed by atoms with E-state index >= 15 is 0 Å². The minimum atomic E-state index is -3.96. The second-order valence-electron chi connectivity index (χ2n) is 3.78. The molecular formula is C11H6Cl3NO4S2. The zero-order valence-corrected chi connectivity index (χ0v) is 13.8. The van der Waals surface area contributed by atoms with Gasteiger partial charge in [-0.2, -0.15) is 0 Å². The maximum Gasteiger partial charge on any atom is 0.345 e. The summed E-state index contributed by atoms with van der Waals surface area (Å²) in [5, 5.41) is 9.20. The van der Waals surface area contributed by atoms with E-state index in [0.29, 0.717) is 11.3 Å². The lowest BCUT2D eigenvalue weighted by molar-refractivity contribution is 0.0702. The molecule has 0 aliphatic heterocycles.